The lowest BCUT2D eigenvalue weighted by Crippen LogP contribution is -2.03. The second kappa shape index (κ2) is 5.30. The van der Waals surface area contributed by atoms with Gasteiger partial charge in [0.05, 0.1) is 12.2 Å². The van der Waals surface area contributed by atoms with Gasteiger partial charge in [0.15, 0.2) is 0 Å². The first-order valence-electron chi connectivity index (χ1n) is 5.15. The highest BCUT2D eigenvalue weighted by atomic mass is 127. The van der Waals surface area contributed by atoms with Gasteiger partial charge in [0.25, 0.3) is 0 Å². The number of nitrogens with one attached hydrogen (secondary N) is 1. The van der Waals surface area contributed by atoms with Crippen LogP contribution in [0.2, 0.25) is 0 Å². The van der Waals surface area contributed by atoms with Crippen molar-refractivity contribution in [1.29, 1.82) is 0 Å². The van der Waals surface area contributed by atoms with E-state index in [4.69, 9.17) is 0 Å². The number of pyridine rings is 1. The third kappa shape index (κ3) is 2.95. The molecule has 0 spiro atoms. The fourth-order valence-electron chi connectivity index (χ4n) is 1.49. The minimum absolute atomic E-state index is 0.771. The Morgan fingerprint density at radius 3 is 2.88 bits per heavy atom. The van der Waals surface area contributed by atoms with Gasteiger partial charge in [-0.05, 0) is 59.3 Å². The third-order valence-electron chi connectivity index (χ3n) is 2.40. The second-order valence-electron chi connectivity index (χ2n) is 3.63. The van der Waals surface area contributed by atoms with Gasteiger partial charge in [0.1, 0.15) is 0 Å². The van der Waals surface area contributed by atoms with E-state index < -0.39 is 0 Å². The van der Waals surface area contributed by atoms with Crippen LogP contribution in [0, 0.1) is 10.5 Å². The Kier molecular flexibility index (Phi) is 3.77. The molecular formula is C13H13IN2. The smallest absolute Gasteiger partial charge is 0.0623 e. The molecule has 2 nitrogen and oxygen atoms in total. The van der Waals surface area contributed by atoms with Gasteiger partial charge in [-0.2, -0.15) is 0 Å². The van der Waals surface area contributed by atoms with Crippen molar-refractivity contribution in [3.05, 3.63) is 57.4 Å². The van der Waals surface area contributed by atoms with Gasteiger partial charge in [-0.1, -0.05) is 12.1 Å². The first-order chi connectivity index (χ1) is 7.75. The van der Waals surface area contributed by atoms with E-state index in [1.807, 2.05) is 12.3 Å². The van der Waals surface area contributed by atoms with Crippen LogP contribution >= 0.6 is 22.6 Å². The number of aryl methyl sites for hydroxylation is 1. The zero-order valence-corrected chi connectivity index (χ0v) is 11.2. The van der Waals surface area contributed by atoms with Crippen molar-refractivity contribution in [3.8, 4) is 0 Å². The molecule has 3 heteroatoms. The van der Waals surface area contributed by atoms with Crippen molar-refractivity contribution in [2.75, 3.05) is 5.32 Å². The summed E-state index contributed by atoms with van der Waals surface area (Å²) in [5.74, 6) is 0. The summed E-state index contributed by atoms with van der Waals surface area (Å²) in [5.41, 5.74) is 3.46. The summed E-state index contributed by atoms with van der Waals surface area (Å²) >= 11 is 2.31. The molecule has 0 saturated carbocycles. The molecular weight excluding hydrogens is 311 g/mol. The number of anilines is 1. The lowest BCUT2D eigenvalue weighted by atomic mass is 10.2. The van der Waals surface area contributed by atoms with E-state index in [0.29, 0.717) is 0 Å². The minimum atomic E-state index is 0.771. The Bertz CT molecular complexity index is 483. The number of benzene rings is 1. The van der Waals surface area contributed by atoms with Crippen LogP contribution in [-0.4, -0.2) is 4.98 Å². The van der Waals surface area contributed by atoms with Crippen LogP contribution in [0.15, 0.2) is 42.6 Å². The molecule has 2 rings (SSSR count). The Morgan fingerprint density at radius 1 is 1.25 bits per heavy atom. The number of nitrogens with zero attached hydrogens (tertiary/aromatic N) is 1. The average Bonchev–Trinajstić information content (AvgIpc) is 2.28. The molecule has 0 atom stereocenters. The lowest BCUT2D eigenvalue weighted by molar-refractivity contribution is 1.02. The van der Waals surface area contributed by atoms with Crippen LogP contribution in [-0.2, 0) is 6.54 Å². The molecule has 0 fully saturated rings. The summed E-state index contributed by atoms with van der Waals surface area (Å²) in [4.78, 5) is 4.35. The first-order valence-corrected chi connectivity index (χ1v) is 6.23. The van der Waals surface area contributed by atoms with Crippen molar-refractivity contribution >= 4 is 28.3 Å². The topological polar surface area (TPSA) is 24.9 Å². The van der Waals surface area contributed by atoms with Crippen LogP contribution in [0.1, 0.15) is 11.3 Å². The maximum Gasteiger partial charge on any atom is 0.0623 e. The minimum Gasteiger partial charge on any atom is -0.379 e. The fraction of sp³-hybridized carbons (Fsp3) is 0.154. The molecule has 16 heavy (non-hydrogen) atoms. The van der Waals surface area contributed by atoms with E-state index in [9.17, 15) is 0 Å². The van der Waals surface area contributed by atoms with Gasteiger partial charge in [0, 0.05) is 15.5 Å². The molecule has 0 saturated heterocycles. The SMILES string of the molecule is Cc1cccnc1CNc1cccc(I)c1. The number of hydrogen-bond donors (Lipinski definition) is 1. The van der Waals surface area contributed by atoms with Crippen molar-refractivity contribution in [2.24, 2.45) is 0 Å². The monoisotopic (exact) mass is 324 g/mol. The molecule has 0 aliphatic heterocycles. The molecule has 0 aliphatic rings. The van der Waals surface area contributed by atoms with E-state index in [-0.39, 0.29) is 0 Å². The number of hydrogen-bond acceptors (Lipinski definition) is 2. The highest BCUT2D eigenvalue weighted by molar-refractivity contribution is 14.1. The predicted molar refractivity (Wildman–Crippen MR) is 75.5 cm³/mol. The first kappa shape index (κ1) is 11.4. The molecule has 1 heterocycles. The zero-order chi connectivity index (χ0) is 11.4. The van der Waals surface area contributed by atoms with Gasteiger partial charge in [0.2, 0.25) is 0 Å². The lowest BCUT2D eigenvalue weighted by Gasteiger charge is -2.08. The van der Waals surface area contributed by atoms with Crippen molar-refractivity contribution in [3.63, 3.8) is 0 Å². The maximum absolute atomic E-state index is 4.35. The average molecular weight is 324 g/mol. The summed E-state index contributed by atoms with van der Waals surface area (Å²) in [6.07, 6.45) is 1.83. The fourth-order valence-corrected chi connectivity index (χ4v) is 2.03. The molecule has 1 aromatic heterocycles. The van der Waals surface area contributed by atoms with Crippen LogP contribution in [0.25, 0.3) is 0 Å². The van der Waals surface area contributed by atoms with Crippen molar-refractivity contribution in [1.82, 2.24) is 4.98 Å². The van der Waals surface area contributed by atoms with Gasteiger partial charge < -0.3 is 5.32 Å². The predicted octanol–water partition coefficient (Wildman–Crippen LogP) is 3.61. The molecule has 1 aromatic carbocycles. The van der Waals surface area contributed by atoms with Crippen molar-refractivity contribution in [2.45, 2.75) is 13.5 Å². The van der Waals surface area contributed by atoms with Gasteiger partial charge in [-0.3, -0.25) is 4.98 Å². The molecule has 0 radical (unpaired) electrons. The summed E-state index contributed by atoms with van der Waals surface area (Å²) < 4.78 is 1.24. The molecule has 1 N–H and O–H groups in total. The summed E-state index contributed by atoms with van der Waals surface area (Å²) in [6.45, 7) is 2.85. The summed E-state index contributed by atoms with van der Waals surface area (Å²) in [7, 11) is 0. The Balaban J connectivity index is 2.05. The largest absolute Gasteiger partial charge is 0.379 e. The van der Waals surface area contributed by atoms with E-state index in [1.165, 1.54) is 9.13 Å². The standard InChI is InChI=1S/C13H13IN2/c1-10-4-3-7-15-13(10)9-16-12-6-2-5-11(14)8-12/h2-8,16H,9H2,1H3. The molecule has 0 aliphatic carbocycles. The van der Waals surface area contributed by atoms with E-state index >= 15 is 0 Å². The number of aromatic nitrogens is 1. The molecule has 0 unspecified atom stereocenters. The molecule has 82 valence electrons. The van der Waals surface area contributed by atoms with Crippen molar-refractivity contribution < 1.29 is 0 Å². The Morgan fingerprint density at radius 2 is 2.12 bits per heavy atom. The summed E-state index contributed by atoms with van der Waals surface area (Å²) in [6, 6.07) is 12.4. The van der Waals surface area contributed by atoms with E-state index in [1.54, 1.807) is 0 Å². The highest BCUT2D eigenvalue weighted by Gasteiger charge is 1.98. The molecule has 0 amide bonds. The second-order valence-corrected chi connectivity index (χ2v) is 4.88. The van der Waals surface area contributed by atoms with E-state index in [0.717, 1.165) is 17.9 Å². The number of halogens is 1. The third-order valence-corrected chi connectivity index (χ3v) is 3.07. The highest BCUT2D eigenvalue weighted by Crippen LogP contribution is 2.13. The quantitative estimate of drug-likeness (QED) is 0.873. The van der Waals surface area contributed by atoms with Crippen LogP contribution < -0.4 is 5.32 Å². The van der Waals surface area contributed by atoms with Gasteiger partial charge in [-0.25, -0.2) is 0 Å². The van der Waals surface area contributed by atoms with Crippen LogP contribution in [0.5, 0.6) is 0 Å². The Labute approximate surface area is 109 Å². The van der Waals surface area contributed by atoms with Crippen LogP contribution in [0.3, 0.4) is 0 Å². The maximum atomic E-state index is 4.35. The zero-order valence-electron chi connectivity index (χ0n) is 9.07. The summed E-state index contributed by atoms with van der Waals surface area (Å²) in [5, 5.41) is 3.38. The molecule has 0 bridgehead atoms. The van der Waals surface area contributed by atoms with Gasteiger partial charge >= 0.3 is 0 Å². The normalized spacial score (nSPS) is 10.1. The van der Waals surface area contributed by atoms with Crippen LogP contribution in [0.4, 0.5) is 5.69 Å². The van der Waals surface area contributed by atoms with Gasteiger partial charge in [-0.15, -0.1) is 0 Å². The molecule has 2 aromatic rings. The number of rotatable bonds is 3. The van der Waals surface area contributed by atoms with E-state index in [2.05, 4.69) is 70.1 Å². The Hall–Kier alpha value is -1.10.